The molecule has 4 aromatic rings. The molecule has 2 aromatic carbocycles. The molecule has 0 saturated carbocycles. The molecule has 5 rings (SSSR count). The summed E-state index contributed by atoms with van der Waals surface area (Å²) in [5, 5.41) is 1.61. The smallest absolute Gasteiger partial charge is 0.295 e. The summed E-state index contributed by atoms with van der Waals surface area (Å²) in [5.41, 5.74) is 3.98. The van der Waals surface area contributed by atoms with Crippen molar-refractivity contribution < 1.29 is 13.9 Å². The molecule has 1 aliphatic heterocycles. The van der Waals surface area contributed by atoms with E-state index in [0.29, 0.717) is 23.0 Å². The van der Waals surface area contributed by atoms with E-state index in [1.54, 1.807) is 16.2 Å². The van der Waals surface area contributed by atoms with Crippen LogP contribution in [0.4, 0.5) is 5.13 Å². The molecule has 1 atom stereocenters. The highest BCUT2D eigenvalue weighted by Gasteiger charge is 2.29. The van der Waals surface area contributed by atoms with E-state index in [4.69, 9.17) is 14.1 Å². The van der Waals surface area contributed by atoms with Crippen molar-refractivity contribution in [2.75, 3.05) is 18.1 Å². The molecule has 0 bridgehead atoms. The highest BCUT2D eigenvalue weighted by molar-refractivity contribution is 7.22. The molecular weight excluding hydrogens is 384 g/mol. The number of ether oxygens (including phenoxy) is 1. The number of carbonyl (C=O) groups is 1. The van der Waals surface area contributed by atoms with Crippen LogP contribution in [-0.4, -0.2) is 30.1 Å². The predicted molar refractivity (Wildman–Crippen MR) is 116 cm³/mol. The van der Waals surface area contributed by atoms with Gasteiger partial charge in [-0.1, -0.05) is 35.6 Å². The first-order valence-electron chi connectivity index (χ1n) is 9.88. The number of thiazole rings is 1. The minimum Gasteiger partial charge on any atom is -0.451 e. The first-order chi connectivity index (χ1) is 14.1. The van der Waals surface area contributed by atoms with Gasteiger partial charge in [0.2, 0.25) is 0 Å². The zero-order valence-electron chi connectivity index (χ0n) is 16.5. The van der Waals surface area contributed by atoms with Crippen LogP contribution in [-0.2, 0) is 4.74 Å². The number of para-hydroxylation sites is 1. The molecule has 6 heteroatoms. The van der Waals surface area contributed by atoms with Crippen LogP contribution in [0, 0.1) is 13.8 Å². The molecular formula is C23H22N2O3S. The molecule has 0 radical (unpaired) electrons. The van der Waals surface area contributed by atoms with Gasteiger partial charge in [0, 0.05) is 12.0 Å². The van der Waals surface area contributed by atoms with E-state index in [-0.39, 0.29) is 12.0 Å². The lowest BCUT2D eigenvalue weighted by molar-refractivity contribution is 0.0896. The van der Waals surface area contributed by atoms with Gasteiger partial charge in [0.1, 0.15) is 5.58 Å². The van der Waals surface area contributed by atoms with Crippen molar-refractivity contribution in [1.29, 1.82) is 0 Å². The Morgan fingerprint density at radius 2 is 2.10 bits per heavy atom. The van der Waals surface area contributed by atoms with Crippen molar-refractivity contribution in [2.45, 2.75) is 32.8 Å². The molecule has 0 N–H and O–H groups in total. The molecule has 1 fully saturated rings. The third-order valence-electron chi connectivity index (χ3n) is 5.34. The maximum Gasteiger partial charge on any atom is 0.295 e. The average Bonchev–Trinajstić information content (AvgIpc) is 3.44. The van der Waals surface area contributed by atoms with Crippen LogP contribution in [0.15, 0.2) is 46.9 Å². The van der Waals surface area contributed by atoms with Crippen molar-refractivity contribution in [2.24, 2.45) is 0 Å². The van der Waals surface area contributed by atoms with Crippen molar-refractivity contribution in [3.05, 3.63) is 59.4 Å². The van der Waals surface area contributed by atoms with Crippen LogP contribution >= 0.6 is 11.3 Å². The molecule has 148 valence electrons. The van der Waals surface area contributed by atoms with Gasteiger partial charge in [0.15, 0.2) is 10.9 Å². The lowest BCUT2D eigenvalue weighted by Gasteiger charge is -2.22. The molecule has 0 spiro atoms. The number of benzene rings is 2. The van der Waals surface area contributed by atoms with Crippen molar-refractivity contribution in [3.8, 4) is 0 Å². The Kier molecular flexibility index (Phi) is 4.60. The first kappa shape index (κ1) is 18.3. The largest absolute Gasteiger partial charge is 0.451 e. The van der Waals surface area contributed by atoms with Crippen molar-refractivity contribution in [1.82, 2.24) is 4.98 Å². The monoisotopic (exact) mass is 406 g/mol. The number of rotatable bonds is 4. The summed E-state index contributed by atoms with van der Waals surface area (Å²) < 4.78 is 12.8. The van der Waals surface area contributed by atoms with Crippen LogP contribution in [0.1, 0.15) is 34.5 Å². The van der Waals surface area contributed by atoms with E-state index in [0.717, 1.165) is 40.6 Å². The number of hydrogen-bond acceptors (Lipinski definition) is 5. The van der Waals surface area contributed by atoms with Crippen LogP contribution in [0.3, 0.4) is 0 Å². The summed E-state index contributed by atoms with van der Waals surface area (Å²) in [6.07, 6.45) is 2.00. The average molecular weight is 407 g/mol. The third kappa shape index (κ3) is 3.43. The summed E-state index contributed by atoms with van der Waals surface area (Å²) in [6, 6.07) is 13.7. The van der Waals surface area contributed by atoms with Gasteiger partial charge in [-0.25, -0.2) is 4.98 Å². The lowest BCUT2D eigenvalue weighted by Crippen LogP contribution is -2.37. The van der Waals surface area contributed by atoms with Crippen LogP contribution < -0.4 is 4.90 Å². The Morgan fingerprint density at radius 3 is 2.90 bits per heavy atom. The highest BCUT2D eigenvalue weighted by atomic mass is 32.1. The number of aromatic nitrogens is 1. The van der Waals surface area contributed by atoms with Gasteiger partial charge in [-0.15, -0.1) is 0 Å². The Balaban J connectivity index is 1.57. The van der Waals surface area contributed by atoms with E-state index in [9.17, 15) is 4.79 Å². The number of carbonyl (C=O) groups excluding carboxylic acids is 1. The van der Waals surface area contributed by atoms with Gasteiger partial charge < -0.3 is 9.15 Å². The Bertz CT molecular complexity index is 1170. The van der Waals surface area contributed by atoms with Gasteiger partial charge in [-0.3, -0.25) is 9.69 Å². The standard InChI is InChI=1S/C23H22N2O3S/c1-14-10-15(2)21-20(11-14)29-23(24-21)25(13-17-7-5-9-27-17)22(26)19-12-16-6-3-4-8-18(16)28-19/h3-4,6,8,10-12,17H,5,7,9,13H2,1-2H3. The molecule has 29 heavy (non-hydrogen) atoms. The third-order valence-corrected chi connectivity index (χ3v) is 6.37. The maximum atomic E-state index is 13.5. The van der Waals surface area contributed by atoms with Gasteiger partial charge in [0.05, 0.1) is 22.9 Å². The van der Waals surface area contributed by atoms with Gasteiger partial charge in [0.25, 0.3) is 5.91 Å². The number of hydrogen-bond donors (Lipinski definition) is 0. The van der Waals surface area contributed by atoms with Crippen molar-refractivity contribution >= 4 is 43.6 Å². The molecule has 1 saturated heterocycles. The Morgan fingerprint density at radius 1 is 1.24 bits per heavy atom. The number of anilines is 1. The fourth-order valence-electron chi connectivity index (χ4n) is 3.93. The Labute approximate surface area is 172 Å². The fraction of sp³-hybridized carbons (Fsp3) is 0.304. The second-order valence-corrected chi connectivity index (χ2v) is 8.63. The molecule has 1 amide bonds. The van der Waals surface area contributed by atoms with Crippen LogP contribution in [0.2, 0.25) is 0 Å². The fourth-order valence-corrected chi connectivity index (χ4v) is 5.08. The zero-order valence-corrected chi connectivity index (χ0v) is 17.3. The van der Waals surface area contributed by atoms with E-state index < -0.39 is 0 Å². The molecule has 3 heterocycles. The van der Waals surface area contributed by atoms with Crippen molar-refractivity contribution in [3.63, 3.8) is 0 Å². The molecule has 2 aromatic heterocycles. The normalized spacial score (nSPS) is 16.7. The topological polar surface area (TPSA) is 55.6 Å². The predicted octanol–water partition coefficient (Wildman–Crippen LogP) is 5.49. The second kappa shape index (κ2) is 7.28. The molecule has 1 aliphatic rings. The van der Waals surface area contributed by atoms with Crippen LogP contribution in [0.25, 0.3) is 21.2 Å². The summed E-state index contributed by atoms with van der Waals surface area (Å²) in [5.74, 6) is 0.154. The first-order valence-corrected chi connectivity index (χ1v) is 10.7. The SMILES string of the molecule is Cc1cc(C)c2nc(N(CC3CCCO3)C(=O)c3cc4ccccc4o3)sc2c1. The number of furan rings is 1. The van der Waals surface area contributed by atoms with E-state index >= 15 is 0 Å². The van der Waals surface area contributed by atoms with Gasteiger partial charge in [-0.2, -0.15) is 0 Å². The Hall–Kier alpha value is -2.70. The number of amides is 1. The molecule has 1 unspecified atom stereocenters. The van der Waals surface area contributed by atoms with E-state index in [1.165, 1.54) is 5.56 Å². The number of nitrogens with zero attached hydrogens (tertiary/aromatic N) is 2. The minimum atomic E-state index is -0.176. The minimum absolute atomic E-state index is 0.0261. The summed E-state index contributed by atoms with van der Waals surface area (Å²) in [4.78, 5) is 20.0. The molecule has 5 nitrogen and oxygen atoms in total. The van der Waals surface area contributed by atoms with Gasteiger partial charge in [-0.05, 0) is 56.0 Å². The molecule has 0 aliphatic carbocycles. The quantitative estimate of drug-likeness (QED) is 0.450. The number of fused-ring (bicyclic) bond motifs is 2. The number of aryl methyl sites for hydroxylation is 2. The second-order valence-electron chi connectivity index (χ2n) is 7.62. The maximum absolute atomic E-state index is 13.5. The van der Waals surface area contributed by atoms with Gasteiger partial charge >= 0.3 is 0 Å². The van der Waals surface area contributed by atoms with Crippen LogP contribution in [0.5, 0.6) is 0 Å². The summed E-state index contributed by atoms with van der Waals surface area (Å²) >= 11 is 1.54. The lowest BCUT2D eigenvalue weighted by atomic mass is 10.1. The summed E-state index contributed by atoms with van der Waals surface area (Å²) in [7, 11) is 0. The summed E-state index contributed by atoms with van der Waals surface area (Å²) in [6.45, 7) is 5.36. The zero-order chi connectivity index (χ0) is 20.0. The van der Waals surface area contributed by atoms with E-state index in [2.05, 4.69) is 26.0 Å². The highest BCUT2D eigenvalue weighted by Crippen LogP contribution is 2.33. The van der Waals surface area contributed by atoms with E-state index in [1.807, 2.05) is 30.3 Å².